The van der Waals surface area contributed by atoms with Crippen LogP contribution in [0.1, 0.15) is 19.8 Å². The summed E-state index contributed by atoms with van der Waals surface area (Å²) in [7, 11) is 0. The molecule has 2 aliphatic rings. The minimum atomic E-state index is -0.228. The molecule has 7 nitrogen and oxygen atoms in total. The van der Waals surface area contributed by atoms with Crippen molar-refractivity contribution in [2.24, 2.45) is 0 Å². The van der Waals surface area contributed by atoms with Gasteiger partial charge in [-0.3, -0.25) is 0 Å². The minimum absolute atomic E-state index is 0.00178. The summed E-state index contributed by atoms with van der Waals surface area (Å²) in [5.74, 6) is 0.909. The van der Waals surface area contributed by atoms with Crippen molar-refractivity contribution in [1.82, 2.24) is 10.3 Å². The SMILES string of the molecule is C[C@H](NC(=O)Nc1ccc(N2CCOCC2)nc1)[C@@H]1CCCO1. The summed E-state index contributed by atoms with van der Waals surface area (Å²) in [6.45, 7) is 5.90. The Balaban J connectivity index is 1.50. The average molecular weight is 320 g/mol. The second-order valence-corrected chi connectivity index (χ2v) is 5.94. The molecule has 0 aliphatic carbocycles. The Bertz CT molecular complexity index is 511. The van der Waals surface area contributed by atoms with Crippen molar-refractivity contribution < 1.29 is 14.3 Å². The largest absolute Gasteiger partial charge is 0.378 e. The highest BCUT2D eigenvalue weighted by atomic mass is 16.5. The topological polar surface area (TPSA) is 75.7 Å². The van der Waals surface area contributed by atoms with Gasteiger partial charge in [0.15, 0.2) is 0 Å². The van der Waals surface area contributed by atoms with Crippen molar-refractivity contribution in [1.29, 1.82) is 0 Å². The monoisotopic (exact) mass is 320 g/mol. The van der Waals surface area contributed by atoms with Crippen molar-refractivity contribution in [2.75, 3.05) is 43.1 Å². The van der Waals surface area contributed by atoms with Crippen LogP contribution in [0, 0.1) is 0 Å². The number of aromatic nitrogens is 1. The highest BCUT2D eigenvalue weighted by Crippen LogP contribution is 2.17. The predicted octanol–water partition coefficient (Wildman–Crippen LogP) is 1.61. The zero-order valence-electron chi connectivity index (χ0n) is 13.5. The third-order valence-corrected chi connectivity index (χ3v) is 4.22. The van der Waals surface area contributed by atoms with E-state index in [1.165, 1.54) is 0 Å². The van der Waals surface area contributed by atoms with Crippen LogP contribution in [0.2, 0.25) is 0 Å². The number of carbonyl (C=O) groups excluding carboxylic acids is 1. The maximum atomic E-state index is 12.0. The quantitative estimate of drug-likeness (QED) is 0.881. The Morgan fingerprint density at radius 1 is 1.35 bits per heavy atom. The molecule has 23 heavy (non-hydrogen) atoms. The minimum Gasteiger partial charge on any atom is -0.378 e. The van der Waals surface area contributed by atoms with Gasteiger partial charge in [-0.2, -0.15) is 0 Å². The third kappa shape index (κ3) is 4.33. The summed E-state index contributed by atoms with van der Waals surface area (Å²) in [6, 6.07) is 3.56. The van der Waals surface area contributed by atoms with Crippen LogP contribution in [0.4, 0.5) is 16.3 Å². The Hall–Kier alpha value is -1.86. The van der Waals surface area contributed by atoms with Gasteiger partial charge in [-0.15, -0.1) is 0 Å². The van der Waals surface area contributed by atoms with E-state index in [2.05, 4.69) is 20.5 Å². The molecule has 1 aromatic rings. The number of hydrogen-bond donors (Lipinski definition) is 2. The highest BCUT2D eigenvalue weighted by molar-refractivity contribution is 5.89. The lowest BCUT2D eigenvalue weighted by molar-refractivity contribution is 0.0868. The molecule has 0 radical (unpaired) electrons. The van der Waals surface area contributed by atoms with Gasteiger partial charge < -0.3 is 25.0 Å². The summed E-state index contributed by atoms with van der Waals surface area (Å²) in [4.78, 5) is 18.6. The highest BCUT2D eigenvalue weighted by Gasteiger charge is 2.23. The van der Waals surface area contributed by atoms with Crippen LogP contribution < -0.4 is 15.5 Å². The van der Waals surface area contributed by atoms with Crippen LogP contribution in [-0.2, 0) is 9.47 Å². The Labute approximate surface area is 136 Å². The number of urea groups is 1. The molecule has 3 rings (SSSR count). The van der Waals surface area contributed by atoms with E-state index in [1.807, 2.05) is 19.1 Å². The first-order valence-electron chi connectivity index (χ1n) is 8.20. The fraction of sp³-hybridized carbons (Fsp3) is 0.625. The van der Waals surface area contributed by atoms with Crippen LogP contribution >= 0.6 is 0 Å². The lowest BCUT2D eigenvalue weighted by Crippen LogP contribution is -2.43. The normalized spacial score (nSPS) is 22.7. The number of nitrogens with zero attached hydrogens (tertiary/aromatic N) is 2. The van der Waals surface area contributed by atoms with Gasteiger partial charge in [0.05, 0.1) is 37.2 Å². The van der Waals surface area contributed by atoms with E-state index in [-0.39, 0.29) is 18.2 Å². The molecule has 2 saturated heterocycles. The number of pyridine rings is 1. The number of rotatable bonds is 4. The van der Waals surface area contributed by atoms with Crippen molar-refractivity contribution >= 4 is 17.5 Å². The van der Waals surface area contributed by atoms with E-state index >= 15 is 0 Å². The standard InChI is InChI=1S/C16H24N4O3/c1-12(14-3-2-8-23-14)18-16(21)19-13-4-5-15(17-11-13)20-6-9-22-10-7-20/h4-5,11-12,14H,2-3,6-10H2,1H3,(H2,18,19,21)/t12-,14-/m0/s1. The maximum absolute atomic E-state index is 12.0. The molecule has 2 fully saturated rings. The molecule has 0 unspecified atom stereocenters. The van der Waals surface area contributed by atoms with Crippen molar-refractivity contribution in [3.8, 4) is 0 Å². The number of morpholine rings is 1. The fourth-order valence-electron chi connectivity index (χ4n) is 2.90. The van der Waals surface area contributed by atoms with E-state index in [1.54, 1.807) is 6.20 Å². The van der Waals surface area contributed by atoms with Gasteiger partial charge in [-0.05, 0) is 31.9 Å². The molecule has 2 N–H and O–H groups in total. The molecule has 126 valence electrons. The average Bonchev–Trinajstić information content (AvgIpc) is 3.11. The summed E-state index contributed by atoms with van der Waals surface area (Å²) >= 11 is 0. The van der Waals surface area contributed by atoms with Crippen LogP contribution in [0.3, 0.4) is 0 Å². The van der Waals surface area contributed by atoms with Gasteiger partial charge in [0.25, 0.3) is 0 Å². The molecule has 2 aliphatic heterocycles. The van der Waals surface area contributed by atoms with E-state index in [0.717, 1.165) is 51.6 Å². The van der Waals surface area contributed by atoms with Crippen LogP contribution in [-0.4, -0.2) is 56.1 Å². The Kier molecular flexibility index (Phi) is 5.30. The van der Waals surface area contributed by atoms with Gasteiger partial charge in [-0.25, -0.2) is 9.78 Å². The summed E-state index contributed by atoms with van der Waals surface area (Å²) in [5, 5.41) is 5.73. The molecule has 7 heteroatoms. The predicted molar refractivity (Wildman–Crippen MR) is 87.9 cm³/mol. The van der Waals surface area contributed by atoms with Crippen molar-refractivity contribution in [3.63, 3.8) is 0 Å². The number of anilines is 2. The zero-order valence-corrected chi connectivity index (χ0v) is 13.5. The Morgan fingerprint density at radius 3 is 2.83 bits per heavy atom. The smallest absolute Gasteiger partial charge is 0.319 e. The van der Waals surface area contributed by atoms with Crippen LogP contribution in [0.25, 0.3) is 0 Å². The van der Waals surface area contributed by atoms with Gasteiger partial charge in [-0.1, -0.05) is 0 Å². The zero-order chi connectivity index (χ0) is 16.1. The molecule has 0 spiro atoms. The first-order chi connectivity index (χ1) is 11.2. The molecular formula is C16H24N4O3. The van der Waals surface area contributed by atoms with E-state index in [4.69, 9.17) is 9.47 Å². The van der Waals surface area contributed by atoms with Crippen LogP contribution in [0.5, 0.6) is 0 Å². The number of hydrogen-bond acceptors (Lipinski definition) is 5. The molecule has 0 saturated carbocycles. The van der Waals surface area contributed by atoms with Crippen molar-refractivity contribution in [2.45, 2.75) is 31.9 Å². The van der Waals surface area contributed by atoms with Gasteiger partial charge in [0.1, 0.15) is 5.82 Å². The molecular weight excluding hydrogens is 296 g/mol. The van der Waals surface area contributed by atoms with Crippen molar-refractivity contribution in [3.05, 3.63) is 18.3 Å². The molecule has 0 aromatic carbocycles. The van der Waals surface area contributed by atoms with E-state index < -0.39 is 0 Å². The molecule has 1 aromatic heterocycles. The summed E-state index contributed by atoms with van der Waals surface area (Å²) < 4.78 is 10.9. The maximum Gasteiger partial charge on any atom is 0.319 e. The van der Waals surface area contributed by atoms with Gasteiger partial charge in [0.2, 0.25) is 0 Å². The number of nitrogens with one attached hydrogen (secondary N) is 2. The van der Waals surface area contributed by atoms with E-state index in [9.17, 15) is 4.79 Å². The van der Waals surface area contributed by atoms with Gasteiger partial charge >= 0.3 is 6.03 Å². The van der Waals surface area contributed by atoms with Crippen LogP contribution in [0.15, 0.2) is 18.3 Å². The first kappa shape index (κ1) is 16.0. The summed E-state index contributed by atoms with van der Waals surface area (Å²) in [6.07, 6.45) is 3.85. The molecule has 2 amide bonds. The third-order valence-electron chi connectivity index (χ3n) is 4.22. The number of amides is 2. The molecule has 3 heterocycles. The number of carbonyl (C=O) groups is 1. The second-order valence-electron chi connectivity index (χ2n) is 5.94. The fourth-order valence-corrected chi connectivity index (χ4v) is 2.90. The number of ether oxygens (including phenoxy) is 2. The van der Waals surface area contributed by atoms with Gasteiger partial charge in [0, 0.05) is 19.7 Å². The first-order valence-corrected chi connectivity index (χ1v) is 8.20. The Morgan fingerprint density at radius 2 is 2.17 bits per heavy atom. The lowest BCUT2D eigenvalue weighted by Gasteiger charge is -2.27. The lowest BCUT2D eigenvalue weighted by atomic mass is 10.1. The summed E-state index contributed by atoms with van der Waals surface area (Å²) in [5.41, 5.74) is 0.680. The second kappa shape index (κ2) is 7.61. The molecule has 2 atom stereocenters. The molecule has 0 bridgehead atoms. The van der Waals surface area contributed by atoms with E-state index in [0.29, 0.717) is 5.69 Å².